The Morgan fingerprint density at radius 1 is 0.269 bits per heavy atom. The molecule has 0 saturated heterocycles. The van der Waals surface area contributed by atoms with Gasteiger partial charge in [-0.1, -0.05) is 389 Å². The van der Waals surface area contributed by atoms with Gasteiger partial charge in [-0.3, -0.25) is 37.3 Å². The molecule has 0 aliphatic heterocycles. The molecule has 6 atom stereocenters. The monoisotopic (exact) mass is 1520 g/mol. The van der Waals surface area contributed by atoms with Crippen molar-refractivity contribution in [3.8, 4) is 0 Å². The molecule has 0 aliphatic rings. The van der Waals surface area contributed by atoms with Crippen LogP contribution >= 0.6 is 15.6 Å². The number of hydrogen-bond donors (Lipinski definition) is 3. The van der Waals surface area contributed by atoms with Crippen LogP contribution in [0.4, 0.5) is 0 Å². The number of hydrogen-bond acceptors (Lipinski definition) is 15. The fraction of sp³-hybridized carbons (Fsp3) is 0.953. The van der Waals surface area contributed by atoms with E-state index in [9.17, 15) is 43.2 Å². The first-order valence-corrected chi connectivity index (χ1v) is 46.7. The SMILES string of the molecule is CCC(C)CCCCCCCCCCCCCCCCCCCCC(=O)O[C@H](COC(=O)CCCCCCCCCCCCCCCC(C)C)COP(=O)(O)OC[C@@H](O)COP(=O)(O)OC[C@@H](COC(=O)CCCCCCCCCCCC(C)C)OC(=O)CCCCCCCCCCCCCC(C)C. The van der Waals surface area contributed by atoms with Gasteiger partial charge in [0.1, 0.15) is 19.3 Å². The highest BCUT2D eigenvalue weighted by atomic mass is 31.2. The van der Waals surface area contributed by atoms with Crippen molar-refractivity contribution in [1.82, 2.24) is 0 Å². The van der Waals surface area contributed by atoms with Gasteiger partial charge in [-0.05, 0) is 49.4 Å². The predicted molar refractivity (Wildman–Crippen MR) is 428 cm³/mol. The van der Waals surface area contributed by atoms with E-state index in [0.29, 0.717) is 25.7 Å². The van der Waals surface area contributed by atoms with Gasteiger partial charge in [0.25, 0.3) is 0 Å². The number of carbonyl (C=O) groups excluding carboxylic acids is 4. The highest BCUT2D eigenvalue weighted by Gasteiger charge is 2.30. The van der Waals surface area contributed by atoms with Gasteiger partial charge < -0.3 is 33.8 Å². The molecule has 0 saturated carbocycles. The molecule has 0 fully saturated rings. The Bertz CT molecular complexity index is 2030. The standard InChI is InChI=1S/C85H166O17P2/c1-9-78(8)64-56-48-40-32-24-18-14-12-10-11-13-15-19-26-34-43-51-59-67-84(89)101-80(71-95-82(87)65-57-49-41-33-25-20-16-17-22-29-37-45-53-61-75(2)3)73-99-103(91,92)97-69-79(86)70-98-104(93,94)100-74-81(72-96-83(88)66-58-50-42-36-28-31-39-47-55-63-77(6)7)102-85(90)68-60-52-44-35-27-21-23-30-38-46-54-62-76(4)5/h75-81,86H,9-74H2,1-8H3,(H,91,92)(H,93,94)/t78?,79-,80-,81-/m1/s1. The van der Waals surface area contributed by atoms with E-state index in [1.807, 2.05) is 0 Å². The summed E-state index contributed by atoms with van der Waals surface area (Å²) in [6.45, 7) is 14.3. The third-order valence-corrected chi connectivity index (χ3v) is 22.1. The van der Waals surface area contributed by atoms with Crippen molar-refractivity contribution in [2.24, 2.45) is 23.7 Å². The van der Waals surface area contributed by atoms with Crippen LogP contribution in [0, 0.1) is 23.7 Å². The molecule has 0 radical (unpaired) electrons. The summed E-state index contributed by atoms with van der Waals surface area (Å²) in [5, 5.41) is 10.7. The molecule has 0 aliphatic carbocycles. The Balaban J connectivity index is 5.24. The Morgan fingerprint density at radius 2 is 0.462 bits per heavy atom. The molecule has 0 heterocycles. The van der Waals surface area contributed by atoms with Crippen LogP contribution in [0.2, 0.25) is 0 Å². The Kier molecular flexibility index (Phi) is 72.5. The number of phosphoric acid groups is 2. The maximum Gasteiger partial charge on any atom is 0.472 e. The third-order valence-electron chi connectivity index (χ3n) is 20.2. The van der Waals surface area contributed by atoms with Crippen molar-refractivity contribution < 1.29 is 80.2 Å². The molecule has 0 rings (SSSR count). The number of unbranched alkanes of at least 4 members (excludes halogenated alkanes) is 47. The van der Waals surface area contributed by atoms with Crippen LogP contribution in [0.5, 0.6) is 0 Å². The summed E-state index contributed by atoms with van der Waals surface area (Å²) in [6, 6.07) is 0. The number of esters is 4. The van der Waals surface area contributed by atoms with E-state index in [2.05, 4.69) is 55.4 Å². The van der Waals surface area contributed by atoms with Gasteiger partial charge in [0.15, 0.2) is 12.2 Å². The van der Waals surface area contributed by atoms with Crippen LogP contribution in [-0.2, 0) is 65.4 Å². The average molecular weight is 1520 g/mol. The lowest BCUT2D eigenvalue weighted by Gasteiger charge is -2.21. The van der Waals surface area contributed by atoms with Crippen molar-refractivity contribution in [1.29, 1.82) is 0 Å². The number of rotatable bonds is 82. The first-order valence-electron chi connectivity index (χ1n) is 43.7. The molecule has 17 nitrogen and oxygen atoms in total. The normalized spacial score (nSPS) is 14.2. The van der Waals surface area contributed by atoms with Crippen LogP contribution in [0.15, 0.2) is 0 Å². The Labute approximate surface area is 638 Å². The molecular weight excluding hydrogens is 1350 g/mol. The molecule has 0 aromatic heterocycles. The van der Waals surface area contributed by atoms with E-state index in [1.54, 1.807) is 0 Å². The van der Waals surface area contributed by atoms with Crippen LogP contribution in [0.3, 0.4) is 0 Å². The molecule has 0 bridgehead atoms. The highest BCUT2D eigenvalue weighted by molar-refractivity contribution is 7.47. The van der Waals surface area contributed by atoms with Gasteiger partial charge in [0.2, 0.25) is 0 Å². The Hall–Kier alpha value is -1.94. The number of aliphatic hydroxyl groups is 1. The molecule has 0 amide bonds. The second kappa shape index (κ2) is 73.8. The summed E-state index contributed by atoms with van der Waals surface area (Å²) in [7, 11) is -9.93. The molecule has 3 N–H and O–H groups in total. The second-order valence-corrected chi connectivity index (χ2v) is 35.2. The number of aliphatic hydroxyl groups excluding tert-OH is 1. The summed E-state index contributed by atoms with van der Waals surface area (Å²) in [5.41, 5.74) is 0. The van der Waals surface area contributed by atoms with Crippen molar-refractivity contribution in [3.63, 3.8) is 0 Å². The molecule has 618 valence electrons. The van der Waals surface area contributed by atoms with E-state index >= 15 is 0 Å². The van der Waals surface area contributed by atoms with E-state index in [0.717, 1.165) is 114 Å². The fourth-order valence-electron chi connectivity index (χ4n) is 13.1. The smallest absolute Gasteiger partial charge is 0.462 e. The summed E-state index contributed by atoms with van der Waals surface area (Å²) < 4.78 is 68.9. The fourth-order valence-corrected chi connectivity index (χ4v) is 14.7. The van der Waals surface area contributed by atoms with E-state index < -0.39 is 97.5 Å². The van der Waals surface area contributed by atoms with Gasteiger partial charge in [-0.2, -0.15) is 0 Å². The minimum absolute atomic E-state index is 0.106. The van der Waals surface area contributed by atoms with Crippen LogP contribution in [0.25, 0.3) is 0 Å². The van der Waals surface area contributed by atoms with Gasteiger partial charge in [0, 0.05) is 25.7 Å². The maximum atomic E-state index is 13.1. The summed E-state index contributed by atoms with van der Waals surface area (Å²) in [5.74, 6) is 1.06. The van der Waals surface area contributed by atoms with Crippen molar-refractivity contribution >= 4 is 39.5 Å². The zero-order valence-corrected chi connectivity index (χ0v) is 70.5. The van der Waals surface area contributed by atoms with E-state index in [1.165, 1.54) is 244 Å². The lowest BCUT2D eigenvalue weighted by atomic mass is 9.99. The van der Waals surface area contributed by atoms with E-state index in [4.69, 9.17) is 37.0 Å². The zero-order valence-electron chi connectivity index (χ0n) is 68.7. The van der Waals surface area contributed by atoms with Crippen molar-refractivity contribution in [3.05, 3.63) is 0 Å². The third kappa shape index (κ3) is 76.8. The molecule has 0 aromatic rings. The van der Waals surface area contributed by atoms with Gasteiger partial charge in [0.05, 0.1) is 26.4 Å². The first kappa shape index (κ1) is 102. The summed E-state index contributed by atoms with van der Waals surface area (Å²) >= 11 is 0. The Morgan fingerprint density at radius 3 is 0.683 bits per heavy atom. The topological polar surface area (TPSA) is 237 Å². The second-order valence-electron chi connectivity index (χ2n) is 32.2. The minimum atomic E-state index is -4.97. The largest absolute Gasteiger partial charge is 0.472 e. The lowest BCUT2D eigenvalue weighted by Crippen LogP contribution is -2.30. The molecule has 3 unspecified atom stereocenters. The molecule has 104 heavy (non-hydrogen) atoms. The zero-order chi connectivity index (χ0) is 76.7. The number of ether oxygens (including phenoxy) is 4. The molecule has 0 spiro atoms. The summed E-state index contributed by atoms with van der Waals surface area (Å²) in [4.78, 5) is 73.2. The van der Waals surface area contributed by atoms with Gasteiger partial charge in [-0.15, -0.1) is 0 Å². The average Bonchev–Trinajstić information content (AvgIpc) is 0.905. The lowest BCUT2D eigenvalue weighted by molar-refractivity contribution is -0.161. The van der Waals surface area contributed by atoms with Crippen LogP contribution in [0.1, 0.15) is 441 Å². The quantitative estimate of drug-likeness (QED) is 0.0222. The molecule has 0 aromatic carbocycles. The number of phosphoric ester groups is 2. The molecule has 19 heteroatoms. The predicted octanol–water partition coefficient (Wildman–Crippen LogP) is 25.6. The number of carbonyl (C=O) groups is 4. The highest BCUT2D eigenvalue weighted by Crippen LogP contribution is 2.45. The van der Waals surface area contributed by atoms with Crippen molar-refractivity contribution in [2.45, 2.75) is 459 Å². The maximum absolute atomic E-state index is 13.1. The van der Waals surface area contributed by atoms with Crippen molar-refractivity contribution in [2.75, 3.05) is 39.6 Å². The van der Waals surface area contributed by atoms with Gasteiger partial charge >= 0.3 is 39.5 Å². The molecular formula is C85H166O17P2. The van der Waals surface area contributed by atoms with Crippen LogP contribution in [-0.4, -0.2) is 96.7 Å². The van der Waals surface area contributed by atoms with Crippen LogP contribution < -0.4 is 0 Å². The minimum Gasteiger partial charge on any atom is -0.462 e. The van der Waals surface area contributed by atoms with E-state index in [-0.39, 0.29) is 25.7 Å². The summed E-state index contributed by atoms with van der Waals surface area (Å²) in [6.07, 6.45) is 62.4. The first-order chi connectivity index (χ1) is 50.1. The van der Waals surface area contributed by atoms with Gasteiger partial charge in [-0.25, -0.2) is 9.13 Å².